The summed E-state index contributed by atoms with van der Waals surface area (Å²) in [5.74, 6) is 0.822. The van der Waals surface area contributed by atoms with E-state index in [1.54, 1.807) is 11.3 Å². The monoisotopic (exact) mass is 393 g/mol. The highest BCUT2D eigenvalue weighted by Crippen LogP contribution is 2.26. The van der Waals surface area contributed by atoms with Crippen molar-refractivity contribution in [3.05, 3.63) is 52.5 Å². The fourth-order valence-corrected chi connectivity index (χ4v) is 4.08. The molecular weight excluding hydrogens is 370 g/mol. The zero-order valence-electron chi connectivity index (χ0n) is 16.1. The van der Waals surface area contributed by atoms with E-state index in [-0.39, 0.29) is 11.8 Å². The number of hydrogen-bond donors (Lipinski definition) is 1. The van der Waals surface area contributed by atoms with Crippen LogP contribution in [0, 0.1) is 19.8 Å². The Morgan fingerprint density at radius 1 is 1.21 bits per heavy atom. The number of carbonyl (C=O) groups is 1. The molecule has 4 rings (SSSR count). The predicted molar refractivity (Wildman–Crippen MR) is 113 cm³/mol. The van der Waals surface area contributed by atoms with Crippen LogP contribution in [0.3, 0.4) is 0 Å². The van der Waals surface area contributed by atoms with E-state index in [0.29, 0.717) is 6.54 Å². The van der Waals surface area contributed by atoms with Gasteiger partial charge in [-0.2, -0.15) is 5.10 Å². The molecule has 1 amide bonds. The number of nitrogens with zero attached hydrogens (tertiary/aromatic N) is 4. The van der Waals surface area contributed by atoms with Crippen LogP contribution in [0.2, 0.25) is 0 Å². The van der Waals surface area contributed by atoms with Crippen LogP contribution in [0.1, 0.15) is 23.5 Å². The maximum absolute atomic E-state index is 12.9. The summed E-state index contributed by atoms with van der Waals surface area (Å²) in [6, 6.07) is 11.8. The van der Waals surface area contributed by atoms with Crippen LogP contribution in [0.4, 0.5) is 11.5 Å². The third-order valence-electron chi connectivity index (χ3n) is 4.94. The van der Waals surface area contributed by atoms with Crippen LogP contribution in [0.15, 0.2) is 41.8 Å². The summed E-state index contributed by atoms with van der Waals surface area (Å²) >= 11 is 1.63. The van der Waals surface area contributed by atoms with E-state index >= 15 is 0 Å². The number of aryl methyl sites for hydroxylation is 2. The van der Waals surface area contributed by atoms with Gasteiger partial charge in [0.25, 0.3) is 0 Å². The molecule has 1 N–H and O–H groups in total. The van der Waals surface area contributed by atoms with Crippen molar-refractivity contribution >= 4 is 28.7 Å². The number of thiazole rings is 1. The molecule has 3 aromatic rings. The number of hydrogen-bond acceptors (Lipinski definition) is 6. The number of nitrogens with one attached hydrogen (secondary N) is 1. The van der Waals surface area contributed by atoms with Crippen LogP contribution in [0.5, 0.6) is 0 Å². The van der Waals surface area contributed by atoms with Crippen LogP contribution in [-0.2, 0) is 4.79 Å². The van der Waals surface area contributed by atoms with Crippen molar-refractivity contribution in [2.75, 3.05) is 23.3 Å². The third kappa shape index (κ3) is 4.20. The largest absolute Gasteiger partial charge is 0.354 e. The number of piperidine rings is 1. The van der Waals surface area contributed by atoms with Crippen LogP contribution >= 0.6 is 11.3 Å². The van der Waals surface area contributed by atoms with Crippen molar-refractivity contribution in [1.29, 1.82) is 0 Å². The van der Waals surface area contributed by atoms with Crippen molar-refractivity contribution in [3.63, 3.8) is 0 Å². The molecule has 6 nitrogen and oxygen atoms in total. The molecule has 1 fully saturated rings. The standard InChI is InChI=1S/C21H23N5OS/c1-14-8-9-20(25-24-14)26-10-4-6-17(12-26)21(27)23-18-7-3-5-16(11-18)19-13-28-15(2)22-19/h3,5,7-9,11,13,17H,4,6,10,12H2,1-2H3,(H,23,27). The molecule has 1 aromatic carbocycles. The number of rotatable bonds is 4. The summed E-state index contributed by atoms with van der Waals surface area (Å²) < 4.78 is 0. The molecule has 3 heterocycles. The molecule has 0 bridgehead atoms. The van der Waals surface area contributed by atoms with Crippen molar-refractivity contribution in [2.24, 2.45) is 5.92 Å². The van der Waals surface area contributed by atoms with Gasteiger partial charge < -0.3 is 10.2 Å². The van der Waals surface area contributed by atoms with Crippen molar-refractivity contribution < 1.29 is 4.79 Å². The SMILES string of the molecule is Cc1ccc(N2CCCC(C(=O)Nc3cccc(-c4csc(C)n4)c3)C2)nn1. The summed E-state index contributed by atoms with van der Waals surface area (Å²) in [6.45, 7) is 5.48. The van der Waals surface area contributed by atoms with E-state index in [2.05, 4.69) is 25.4 Å². The van der Waals surface area contributed by atoms with E-state index in [4.69, 9.17) is 0 Å². The molecule has 1 saturated heterocycles. The average molecular weight is 394 g/mol. The Labute approximate surface area is 168 Å². The van der Waals surface area contributed by atoms with Crippen molar-refractivity contribution in [3.8, 4) is 11.3 Å². The fourth-order valence-electron chi connectivity index (χ4n) is 3.46. The van der Waals surface area contributed by atoms with Gasteiger partial charge in [-0.3, -0.25) is 4.79 Å². The minimum Gasteiger partial charge on any atom is -0.354 e. The Morgan fingerprint density at radius 2 is 2.11 bits per heavy atom. The molecule has 1 atom stereocenters. The first-order valence-electron chi connectivity index (χ1n) is 9.47. The topological polar surface area (TPSA) is 71.0 Å². The van der Waals surface area contributed by atoms with E-state index in [1.807, 2.05) is 55.6 Å². The number of aromatic nitrogens is 3. The highest BCUT2D eigenvalue weighted by atomic mass is 32.1. The van der Waals surface area contributed by atoms with Gasteiger partial charge in [0.1, 0.15) is 0 Å². The predicted octanol–water partition coefficient (Wildman–Crippen LogP) is 4.07. The normalized spacial score (nSPS) is 16.8. The zero-order chi connectivity index (χ0) is 19.5. The van der Waals surface area contributed by atoms with Gasteiger partial charge in [0.2, 0.25) is 5.91 Å². The maximum atomic E-state index is 12.9. The third-order valence-corrected chi connectivity index (χ3v) is 5.72. The van der Waals surface area contributed by atoms with Gasteiger partial charge in [0, 0.05) is 29.7 Å². The molecular formula is C21H23N5OS. The molecule has 0 saturated carbocycles. The summed E-state index contributed by atoms with van der Waals surface area (Å²) in [5.41, 5.74) is 3.66. The van der Waals surface area contributed by atoms with Gasteiger partial charge in [-0.1, -0.05) is 12.1 Å². The average Bonchev–Trinajstić information content (AvgIpc) is 3.15. The Hall–Kier alpha value is -2.80. The first-order valence-corrected chi connectivity index (χ1v) is 10.3. The molecule has 144 valence electrons. The Bertz CT molecular complexity index is 969. The second-order valence-corrected chi connectivity index (χ2v) is 8.20. The van der Waals surface area contributed by atoms with E-state index in [0.717, 1.165) is 52.9 Å². The second-order valence-electron chi connectivity index (χ2n) is 7.14. The fraction of sp³-hybridized carbons (Fsp3) is 0.333. The summed E-state index contributed by atoms with van der Waals surface area (Å²) in [7, 11) is 0. The second kappa shape index (κ2) is 8.06. The first kappa shape index (κ1) is 18.6. The molecule has 7 heteroatoms. The highest BCUT2D eigenvalue weighted by molar-refractivity contribution is 7.09. The molecule has 1 aliphatic heterocycles. The van der Waals surface area contributed by atoms with E-state index < -0.39 is 0 Å². The smallest absolute Gasteiger partial charge is 0.229 e. The minimum absolute atomic E-state index is 0.0522. The maximum Gasteiger partial charge on any atom is 0.229 e. The lowest BCUT2D eigenvalue weighted by Gasteiger charge is -2.32. The number of carbonyl (C=O) groups excluding carboxylic acids is 1. The molecule has 2 aromatic heterocycles. The minimum atomic E-state index is -0.0676. The Kier molecular flexibility index (Phi) is 5.34. The molecule has 0 radical (unpaired) electrons. The summed E-state index contributed by atoms with van der Waals surface area (Å²) in [5, 5.41) is 14.6. The molecule has 1 unspecified atom stereocenters. The van der Waals surface area contributed by atoms with Crippen LogP contribution < -0.4 is 10.2 Å². The molecule has 28 heavy (non-hydrogen) atoms. The zero-order valence-corrected chi connectivity index (χ0v) is 16.9. The molecule has 1 aliphatic rings. The quantitative estimate of drug-likeness (QED) is 0.723. The summed E-state index contributed by atoms with van der Waals surface area (Å²) in [4.78, 5) is 19.5. The number of anilines is 2. The first-order chi connectivity index (χ1) is 13.6. The Balaban J connectivity index is 1.44. The summed E-state index contributed by atoms with van der Waals surface area (Å²) in [6.07, 6.45) is 1.85. The lowest BCUT2D eigenvalue weighted by atomic mass is 9.97. The van der Waals surface area contributed by atoms with Gasteiger partial charge in [-0.05, 0) is 51.0 Å². The van der Waals surface area contributed by atoms with E-state index in [1.165, 1.54) is 0 Å². The van der Waals surface area contributed by atoms with Crippen molar-refractivity contribution in [2.45, 2.75) is 26.7 Å². The van der Waals surface area contributed by atoms with Gasteiger partial charge in [0.15, 0.2) is 5.82 Å². The van der Waals surface area contributed by atoms with Gasteiger partial charge >= 0.3 is 0 Å². The van der Waals surface area contributed by atoms with Gasteiger partial charge in [0.05, 0.1) is 22.3 Å². The van der Waals surface area contributed by atoms with Crippen LogP contribution in [0.25, 0.3) is 11.3 Å². The molecule has 0 spiro atoms. The molecule has 0 aliphatic carbocycles. The van der Waals surface area contributed by atoms with Gasteiger partial charge in [-0.15, -0.1) is 16.4 Å². The van der Waals surface area contributed by atoms with Crippen molar-refractivity contribution in [1.82, 2.24) is 15.2 Å². The van der Waals surface area contributed by atoms with Gasteiger partial charge in [-0.25, -0.2) is 4.98 Å². The highest BCUT2D eigenvalue weighted by Gasteiger charge is 2.26. The van der Waals surface area contributed by atoms with E-state index in [9.17, 15) is 4.79 Å². The number of benzene rings is 1. The Morgan fingerprint density at radius 3 is 2.86 bits per heavy atom. The lowest BCUT2D eigenvalue weighted by Crippen LogP contribution is -2.41. The lowest BCUT2D eigenvalue weighted by molar-refractivity contribution is -0.120. The number of amides is 1. The van der Waals surface area contributed by atoms with Crippen LogP contribution in [-0.4, -0.2) is 34.2 Å².